The monoisotopic (exact) mass is 422 g/mol. The molecule has 2 amide bonds. The summed E-state index contributed by atoms with van der Waals surface area (Å²) in [6.07, 6.45) is 4.89. The van der Waals surface area contributed by atoms with Crippen LogP contribution in [0.2, 0.25) is 0 Å². The molecule has 154 valence electrons. The standard InChI is InChI=1S/C21H22N6O2S/c22-12-15-2-4-17(5-3-15)25-19(28)18-13-30-14-27(18)20(29)16-6-10-26(11-7-16)21-23-8-1-9-24-21/h1-5,8-9,16,18H,6-7,10-11,13-14H2,(H,25,28). The van der Waals surface area contributed by atoms with Gasteiger partial charge in [-0.05, 0) is 43.2 Å². The molecule has 1 aromatic carbocycles. The van der Waals surface area contributed by atoms with Gasteiger partial charge in [0.15, 0.2) is 0 Å². The molecule has 1 unspecified atom stereocenters. The molecule has 30 heavy (non-hydrogen) atoms. The summed E-state index contributed by atoms with van der Waals surface area (Å²) in [5.41, 5.74) is 1.16. The van der Waals surface area contributed by atoms with Gasteiger partial charge >= 0.3 is 0 Å². The lowest BCUT2D eigenvalue weighted by atomic mass is 9.95. The highest BCUT2D eigenvalue weighted by Gasteiger charge is 2.38. The Balaban J connectivity index is 1.35. The first kappa shape index (κ1) is 20.2. The van der Waals surface area contributed by atoms with Gasteiger partial charge in [0.2, 0.25) is 17.8 Å². The number of nitriles is 1. The van der Waals surface area contributed by atoms with Crippen molar-refractivity contribution in [2.45, 2.75) is 18.9 Å². The normalized spacial score (nSPS) is 19.4. The van der Waals surface area contributed by atoms with Crippen molar-refractivity contribution in [3.05, 3.63) is 48.3 Å². The van der Waals surface area contributed by atoms with Crippen LogP contribution in [0.1, 0.15) is 18.4 Å². The number of aromatic nitrogens is 2. The van der Waals surface area contributed by atoms with E-state index in [1.807, 2.05) is 0 Å². The molecule has 0 spiro atoms. The molecule has 2 aliphatic rings. The number of carbonyl (C=O) groups is 2. The smallest absolute Gasteiger partial charge is 0.248 e. The number of nitrogens with zero attached hydrogens (tertiary/aromatic N) is 5. The number of nitrogens with one attached hydrogen (secondary N) is 1. The molecule has 4 rings (SSSR count). The molecule has 8 nitrogen and oxygen atoms in total. The summed E-state index contributed by atoms with van der Waals surface area (Å²) in [5, 5.41) is 11.8. The third-order valence-electron chi connectivity index (χ3n) is 5.43. The predicted molar refractivity (Wildman–Crippen MR) is 115 cm³/mol. The SMILES string of the molecule is N#Cc1ccc(NC(=O)C2CSCN2C(=O)C2CCN(c3ncccn3)CC2)cc1. The molecule has 0 bridgehead atoms. The predicted octanol–water partition coefficient (Wildman–Crippen LogP) is 2.10. The Bertz CT molecular complexity index is 938. The Morgan fingerprint density at radius 3 is 2.50 bits per heavy atom. The van der Waals surface area contributed by atoms with Gasteiger partial charge in [-0.15, -0.1) is 11.8 Å². The Morgan fingerprint density at radius 2 is 1.83 bits per heavy atom. The molecule has 9 heteroatoms. The van der Waals surface area contributed by atoms with E-state index in [-0.39, 0.29) is 17.7 Å². The van der Waals surface area contributed by atoms with E-state index >= 15 is 0 Å². The number of rotatable bonds is 4. The summed E-state index contributed by atoms with van der Waals surface area (Å²) in [4.78, 5) is 38.3. The van der Waals surface area contributed by atoms with E-state index in [2.05, 4.69) is 26.3 Å². The summed E-state index contributed by atoms with van der Waals surface area (Å²) in [7, 11) is 0. The average Bonchev–Trinajstić information content (AvgIpc) is 3.30. The third-order valence-corrected chi connectivity index (χ3v) is 6.44. The van der Waals surface area contributed by atoms with E-state index in [1.165, 1.54) is 0 Å². The number of anilines is 2. The van der Waals surface area contributed by atoms with Gasteiger partial charge in [0.05, 0.1) is 17.5 Å². The third kappa shape index (κ3) is 4.39. The van der Waals surface area contributed by atoms with E-state index in [1.54, 1.807) is 59.4 Å². The molecule has 0 aliphatic carbocycles. The topological polar surface area (TPSA) is 102 Å². The van der Waals surface area contributed by atoms with Gasteiger partial charge in [-0.1, -0.05) is 0 Å². The second kappa shape index (κ2) is 9.13. The van der Waals surface area contributed by atoms with Crippen molar-refractivity contribution in [3.63, 3.8) is 0 Å². The Morgan fingerprint density at radius 1 is 1.13 bits per heavy atom. The lowest BCUT2D eigenvalue weighted by molar-refractivity contribution is -0.140. The van der Waals surface area contributed by atoms with Crippen molar-refractivity contribution in [3.8, 4) is 6.07 Å². The lowest BCUT2D eigenvalue weighted by Gasteiger charge is -2.34. The molecule has 1 atom stereocenters. The molecule has 2 fully saturated rings. The van der Waals surface area contributed by atoms with Crippen molar-refractivity contribution >= 4 is 35.2 Å². The number of hydrogen-bond donors (Lipinski definition) is 1. The van der Waals surface area contributed by atoms with Crippen molar-refractivity contribution in [1.82, 2.24) is 14.9 Å². The molecule has 2 aliphatic heterocycles. The average molecular weight is 423 g/mol. The minimum Gasteiger partial charge on any atom is -0.341 e. The number of thioether (sulfide) groups is 1. The number of hydrogen-bond acceptors (Lipinski definition) is 7. The van der Waals surface area contributed by atoms with Crippen molar-refractivity contribution in [2.24, 2.45) is 5.92 Å². The molecule has 0 radical (unpaired) electrons. The molecular formula is C21H22N6O2S. The highest BCUT2D eigenvalue weighted by atomic mass is 32.2. The van der Waals surface area contributed by atoms with Crippen LogP contribution in [0, 0.1) is 17.2 Å². The fraction of sp³-hybridized carbons (Fsp3) is 0.381. The fourth-order valence-corrected chi connectivity index (χ4v) is 4.91. The van der Waals surface area contributed by atoms with Crippen LogP contribution in [0.5, 0.6) is 0 Å². The zero-order chi connectivity index (χ0) is 20.9. The second-order valence-corrected chi connectivity index (χ2v) is 8.31. The van der Waals surface area contributed by atoms with E-state index in [9.17, 15) is 9.59 Å². The molecule has 1 aromatic heterocycles. The number of carbonyl (C=O) groups excluding carboxylic acids is 2. The number of amides is 2. The molecule has 2 aromatic rings. The molecule has 3 heterocycles. The van der Waals surface area contributed by atoms with E-state index in [0.717, 1.165) is 25.9 Å². The zero-order valence-corrected chi connectivity index (χ0v) is 17.2. The minimum atomic E-state index is -0.478. The van der Waals surface area contributed by atoms with Crippen LogP contribution < -0.4 is 10.2 Å². The Hall–Kier alpha value is -3.12. The maximum absolute atomic E-state index is 13.1. The first-order chi connectivity index (χ1) is 14.7. The van der Waals surface area contributed by atoms with Crippen LogP contribution in [0.4, 0.5) is 11.6 Å². The van der Waals surface area contributed by atoms with Crippen LogP contribution in [-0.2, 0) is 9.59 Å². The Labute approximate surface area is 179 Å². The maximum atomic E-state index is 13.1. The summed E-state index contributed by atoms with van der Waals surface area (Å²) in [6.45, 7) is 1.45. The highest BCUT2D eigenvalue weighted by Crippen LogP contribution is 2.28. The van der Waals surface area contributed by atoms with Gasteiger partial charge < -0.3 is 15.1 Å². The number of benzene rings is 1. The molecular weight excluding hydrogens is 400 g/mol. The molecule has 2 saturated heterocycles. The van der Waals surface area contributed by atoms with Crippen molar-refractivity contribution in [1.29, 1.82) is 5.26 Å². The van der Waals surface area contributed by atoms with Gasteiger partial charge in [-0.2, -0.15) is 5.26 Å². The first-order valence-electron chi connectivity index (χ1n) is 9.87. The zero-order valence-electron chi connectivity index (χ0n) is 16.4. The van der Waals surface area contributed by atoms with Crippen LogP contribution in [0.3, 0.4) is 0 Å². The van der Waals surface area contributed by atoms with E-state index < -0.39 is 6.04 Å². The van der Waals surface area contributed by atoms with Gasteiger partial charge in [0.1, 0.15) is 6.04 Å². The minimum absolute atomic E-state index is 0.0496. The van der Waals surface area contributed by atoms with Crippen LogP contribution >= 0.6 is 11.8 Å². The van der Waals surface area contributed by atoms with Crippen molar-refractivity contribution < 1.29 is 9.59 Å². The summed E-state index contributed by atoms with van der Waals surface area (Å²) >= 11 is 1.60. The summed E-state index contributed by atoms with van der Waals surface area (Å²) < 4.78 is 0. The highest BCUT2D eigenvalue weighted by molar-refractivity contribution is 7.99. The molecule has 0 saturated carbocycles. The van der Waals surface area contributed by atoms with Crippen LogP contribution in [-0.4, -0.2) is 57.4 Å². The van der Waals surface area contributed by atoms with Gasteiger partial charge in [-0.25, -0.2) is 9.97 Å². The van der Waals surface area contributed by atoms with E-state index in [0.29, 0.717) is 28.8 Å². The van der Waals surface area contributed by atoms with Gasteiger partial charge in [-0.3, -0.25) is 9.59 Å². The van der Waals surface area contributed by atoms with Crippen LogP contribution in [0.15, 0.2) is 42.7 Å². The quantitative estimate of drug-likeness (QED) is 0.805. The molecule has 1 N–H and O–H groups in total. The summed E-state index contributed by atoms with van der Waals surface area (Å²) in [6, 6.07) is 10.1. The van der Waals surface area contributed by atoms with E-state index in [4.69, 9.17) is 5.26 Å². The van der Waals surface area contributed by atoms with Crippen LogP contribution in [0.25, 0.3) is 0 Å². The maximum Gasteiger partial charge on any atom is 0.248 e. The first-order valence-corrected chi connectivity index (χ1v) is 11.0. The lowest BCUT2D eigenvalue weighted by Crippen LogP contribution is -2.49. The summed E-state index contributed by atoms with van der Waals surface area (Å²) in [5.74, 6) is 1.59. The van der Waals surface area contributed by atoms with Gasteiger partial charge in [0, 0.05) is 42.8 Å². The second-order valence-electron chi connectivity index (χ2n) is 7.31. The largest absolute Gasteiger partial charge is 0.341 e. The van der Waals surface area contributed by atoms with Gasteiger partial charge in [0.25, 0.3) is 0 Å². The fourth-order valence-electron chi connectivity index (χ4n) is 3.75. The number of piperidine rings is 1. The Kier molecular flexibility index (Phi) is 6.14. The van der Waals surface area contributed by atoms with Crippen molar-refractivity contribution in [2.75, 3.05) is 34.9 Å².